The fourth-order valence-electron chi connectivity index (χ4n) is 3.22. The van der Waals surface area contributed by atoms with E-state index in [0.29, 0.717) is 11.1 Å². The van der Waals surface area contributed by atoms with Gasteiger partial charge in [-0.05, 0) is 23.3 Å². The van der Waals surface area contributed by atoms with Gasteiger partial charge >= 0.3 is 0 Å². The summed E-state index contributed by atoms with van der Waals surface area (Å²) in [6.07, 6.45) is 3.85. The molecular weight excluding hydrogens is 322 g/mol. The lowest BCUT2D eigenvalue weighted by molar-refractivity contribution is 0.0614. The average molecular weight is 339 g/mol. The molecule has 26 heavy (non-hydrogen) atoms. The van der Waals surface area contributed by atoms with Gasteiger partial charge in [0.25, 0.3) is 11.8 Å². The molecule has 0 aliphatic carbocycles. The van der Waals surface area contributed by atoms with Gasteiger partial charge in [0.1, 0.15) is 0 Å². The van der Waals surface area contributed by atoms with Crippen LogP contribution in [-0.4, -0.2) is 16.7 Å². The number of rotatable bonds is 4. The third-order valence-electron chi connectivity index (χ3n) is 4.52. The summed E-state index contributed by atoms with van der Waals surface area (Å²) in [6, 6.07) is 26.0. The van der Waals surface area contributed by atoms with Crippen LogP contribution in [0.25, 0.3) is 6.08 Å². The first kappa shape index (κ1) is 16.0. The van der Waals surface area contributed by atoms with Crippen LogP contribution >= 0.6 is 0 Å². The quantitative estimate of drug-likeness (QED) is 0.644. The molecule has 0 N–H and O–H groups in total. The lowest BCUT2D eigenvalue weighted by Crippen LogP contribution is -2.33. The van der Waals surface area contributed by atoms with Crippen LogP contribution in [0.2, 0.25) is 0 Å². The molecule has 1 aliphatic heterocycles. The van der Waals surface area contributed by atoms with Crippen LogP contribution in [0, 0.1) is 0 Å². The Morgan fingerprint density at radius 3 is 1.73 bits per heavy atom. The van der Waals surface area contributed by atoms with Gasteiger partial charge in [-0.15, -0.1) is 0 Å². The van der Waals surface area contributed by atoms with Crippen LogP contribution < -0.4 is 0 Å². The Hall–Kier alpha value is -3.46. The summed E-state index contributed by atoms with van der Waals surface area (Å²) in [5.74, 6) is -0.505. The molecule has 0 radical (unpaired) electrons. The molecule has 0 spiro atoms. The lowest BCUT2D eigenvalue weighted by atomic mass is 10.0. The van der Waals surface area contributed by atoms with Crippen LogP contribution in [0.15, 0.2) is 91.0 Å². The molecule has 1 aliphatic rings. The second kappa shape index (κ2) is 6.81. The molecule has 3 nitrogen and oxygen atoms in total. The first-order chi connectivity index (χ1) is 12.8. The Labute approximate surface area is 152 Å². The molecule has 3 aromatic carbocycles. The lowest BCUT2D eigenvalue weighted by Gasteiger charge is -2.24. The number of fused-ring (bicyclic) bond motifs is 1. The Balaban J connectivity index is 1.76. The number of nitrogens with zero attached hydrogens (tertiary/aromatic N) is 1. The third kappa shape index (κ3) is 2.84. The van der Waals surface area contributed by atoms with Crippen molar-refractivity contribution in [3.63, 3.8) is 0 Å². The number of benzene rings is 3. The molecule has 126 valence electrons. The van der Waals surface area contributed by atoms with E-state index in [9.17, 15) is 9.59 Å². The van der Waals surface area contributed by atoms with E-state index in [1.165, 1.54) is 4.90 Å². The predicted octanol–water partition coefficient (Wildman–Crippen LogP) is 4.74. The zero-order valence-electron chi connectivity index (χ0n) is 14.1. The van der Waals surface area contributed by atoms with Crippen molar-refractivity contribution in [3.05, 3.63) is 113 Å². The minimum Gasteiger partial charge on any atom is -0.269 e. The molecule has 0 saturated carbocycles. The standard InChI is InChI=1S/C23H17NO2/c25-22-19-13-7-8-14-20(19)23(26)24(22)21(18-11-5-2-6-12-18)16-15-17-9-3-1-4-10-17/h1-16,21H/t21-/m1/s1. The van der Waals surface area contributed by atoms with Crippen molar-refractivity contribution in [3.8, 4) is 0 Å². The van der Waals surface area contributed by atoms with Gasteiger partial charge in [-0.1, -0.05) is 84.9 Å². The van der Waals surface area contributed by atoms with E-state index in [-0.39, 0.29) is 11.8 Å². The average Bonchev–Trinajstić information content (AvgIpc) is 2.95. The maximum absolute atomic E-state index is 12.9. The van der Waals surface area contributed by atoms with Crippen LogP contribution in [0.5, 0.6) is 0 Å². The highest BCUT2D eigenvalue weighted by Gasteiger charge is 2.39. The van der Waals surface area contributed by atoms with Gasteiger partial charge in [-0.3, -0.25) is 14.5 Å². The van der Waals surface area contributed by atoms with E-state index >= 15 is 0 Å². The number of hydrogen-bond donors (Lipinski definition) is 0. The van der Waals surface area contributed by atoms with E-state index in [2.05, 4.69) is 0 Å². The van der Waals surface area contributed by atoms with Crippen molar-refractivity contribution < 1.29 is 9.59 Å². The van der Waals surface area contributed by atoms with Crippen molar-refractivity contribution in [1.82, 2.24) is 4.90 Å². The van der Waals surface area contributed by atoms with Crippen molar-refractivity contribution >= 4 is 17.9 Å². The smallest absolute Gasteiger partial charge is 0.262 e. The summed E-state index contributed by atoms with van der Waals surface area (Å²) >= 11 is 0. The zero-order chi connectivity index (χ0) is 17.9. The summed E-state index contributed by atoms with van der Waals surface area (Å²) in [6.45, 7) is 0. The van der Waals surface area contributed by atoms with Crippen LogP contribution in [-0.2, 0) is 0 Å². The highest BCUT2D eigenvalue weighted by molar-refractivity contribution is 6.21. The molecule has 0 bridgehead atoms. The van der Waals surface area contributed by atoms with Gasteiger partial charge < -0.3 is 0 Å². The topological polar surface area (TPSA) is 37.4 Å². The summed E-state index contributed by atoms with van der Waals surface area (Å²) in [7, 11) is 0. The second-order valence-corrected chi connectivity index (χ2v) is 6.15. The fourth-order valence-corrected chi connectivity index (χ4v) is 3.22. The molecule has 2 amide bonds. The van der Waals surface area contributed by atoms with E-state index in [4.69, 9.17) is 0 Å². The number of carbonyl (C=O) groups excluding carboxylic acids is 2. The highest BCUT2D eigenvalue weighted by atomic mass is 16.2. The molecular formula is C23H17NO2. The van der Waals surface area contributed by atoms with Crippen molar-refractivity contribution in [2.75, 3.05) is 0 Å². The molecule has 1 atom stereocenters. The Morgan fingerprint density at radius 2 is 1.15 bits per heavy atom. The van der Waals surface area contributed by atoms with Gasteiger partial charge in [0.2, 0.25) is 0 Å². The molecule has 0 fully saturated rings. The highest BCUT2D eigenvalue weighted by Crippen LogP contribution is 2.32. The molecule has 0 saturated heterocycles. The number of carbonyl (C=O) groups is 2. The fraction of sp³-hybridized carbons (Fsp3) is 0.0435. The van der Waals surface area contributed by atoms with E-state index in [1.54, 1.807) is 24.3 Å². The first-order valence-corrected chi connectivity index (χ1v) is 8.51. The van der Waals surface area contributed by atoms with Crippen molar-refractivity contribution in [2.45, 2.75) is 6.04 Å². The summed E-state index contributed by atoms with van der Waals surface area (Å²) in [5.41, 5.74) is 2.84. The molecule has 4 rings (SSSR count). The summed E-state index contributed by atoms with van der Waals surface area (Å²) in [4.78, 5) is 27.2. The molecule has 3 aromatic rings. The molecule has 0 aromatic heterocycles. The maximum Gasteiger partial charge on any atom is 0.262 e. The zero-order valence-corrected chi connectivity index (χ0v) is 14.1. The molecule has 1 heterocycles. The normalized spacial score (nSPS) is 14.7. The minimum atomic E-state index is -0.455. The van der Waals surface area contributed by atoms with Crippen LogP contribution in [0.4, 0.5) is 0 Å². The van der Waals surface area contributed by atoms with Crippen molar-refractivity contribution in [1.29, 1.82) is 0 Å². The van der Waals surface area contributed by atoms with Crippen LogP contribution in [0.3, 0.4) is 0 Å². The van der Waals surface area contributed by atoms with Gasteiger partial charge in [0.05, 0.1) is 17.2 Å². The SMILES string of the molecule is O=C1c2ccccc2C(=O)N1[C@H](C=Cc1ccccc1)c1ccccc1. The Morgan fingerprint density at radius 1 is 0.654 bits per heavy atom. The first-order valence-electron chi connectivity index (χ1n) is 8.51. The third-order valence-corrected chi connectivity index (χ3v) is 4.52. The van der Waals surface area contributed by atoms with E-state index in [1.807, 2.05) is 72.8 Å². The number of hydrogen-bond acceptors (Lipinski definition) is 2. The largest absolute Gasteiger partial charge is 0.269 e. The van der Waals surface area contributed by atoms with Gasteiger partial charge in [0, 0.05) is 0 Å². The van der Waals surface area contributed by atoms with E-state index in [0.717, 1.165) is 11.1 Å². The van der Waals surface area contributed by atoms with Gasteiger partial charge in [-0.2, -0.15) is 0 Å². The number of imide groups is 1. The summed E-state index contributed by atoms with van der Waals surface area (Å²) in [5, 5.41) is 0. The minimum absolute atomic E-state index is 0.253. The second-order valence-electron chi connectivity index (χ2n) is 6.15. The molecule has 3 heteroatoms. The summed E-state index contributed by atoms with van der Waals surface area (Å²) < 4.78 is 0. The molecule has 0 unspecified atom stereocenters. The van der Waals surface area contributed by atoms with Gasteiger partial charge in [-0.25, -0.2) is 0 Å². The Bertz CT molecular complexity index is 942. The van der Waals surface area contributed by atoms with Crippen molar-refractivity contribution in [2.24, 2.45) is 0 Å². The van der Waals surface area contributed by atoms with Crippen LogP contribution in [0.1, 0.15) is 37.9 Å². The monoisotopic (exact) mass is 339 g/mol. The van der Waals surface area contributed by atoms with Gasteiger partial charge in [0.15, 0.2) is 0 Å². The number of amides is 2. The predicted molar refractivity (Wildman–Crippen MR) is 102 cm³/mol. The Kier molecular flexibility index (Phi) is 4.20. The van der Waals surface area contributed by atoms with E-state index < -0.39 is 6.04 Å². The maximum atomic E-state index is 12.9.